The molecule has 0 saturated carbocycles. The topological polar surface area (TPSA) is 41.5 Å². The highest BCUT2D eigenvalue weighted by Crippen LogP contribution is 2.35. The van der Waals surface area contributed by atoms with Crippen LogP contribution < -0.4 is 5.32 Å². The minimum atomic E-state index is -0.989. The van der Waals surface area contributed by atoms with Gasteiger partial charge in [0.15, 0.2) is 0 Å². The maximum absolute atomic E-state index is 9.86. The first kappa shape index (κ1) is 13.3. The monoisotopic (exact) mass is 265 g/mol. The molecule has 2 aromatic rings. The van der Waals surface area contributed by atoms with E-state index in [1.54, 1.807) is 11.3 Å². The Morgan fingerprint density at radius 2 is 1.94 bits per heavy atom. The van der Waals surface area contributed by atoms with Crippen molar-refractivity contribution in [1.29, 1.82) is 0 Å². The van der Waals surface area contributed by atoms with Crippen LogP contribution in [0.4, 0.5) is 5.00 Å². The summed E-state index contributed by atoms with van der Waals surface area (Å²) in [5.41, 5.74) is 0.768. The Morgan fingerprint density at radius 1 is 1.28 bits per heavy atom. The molecule has 1 heterocycles. The molecule has 2 rings (SSSR count). The van der Waals surface area contributed by atoms with Gasteiger partial charge >= 0.3 is 0 Å². The molecular weight excluding hydrogens is 246 g/mol. The molecular formula is C14H19NO2S. The van der Waals surface area contributed by atoms with Crippen LogP contribution in [0.25, 0.3) is 10.1 Å². The van der Waals surface area contributed by atoms with Crippen molar-refractivity contribution in [1.82, 2.24) is 0 Å². The Hall–Kier alpha value is -1.10. The van der Waals surface area contributed by atoms with E-state index in [0.717, 1.165) is 10.6 Å². The van der Waals surface area contributed by atoms with Gasteiger partial charge in [0.2, 0.25) is 6.41 Å². The van der Waals surface area contributed by atoms with E-state index in [1.807, 2.05) is 39.8 Å². The number of hydrogen-bond acceptors (Lipinski definition) is 4. The number of rotatable bonds is 3. The number of benzene rings is 1. The molecule has 1 unspecified atom stereocenters. The molecule has 2 N–H and O–H groups in total. The standard InChI is InChI=1S/C14H19NO2S/c1-9-10-7-5-6-8-11(10)18-12(9)15-13(16)17-14(2,3)4/h5-8,13,15-16H,1-4H3. The summed E-state index contributed by atoms with van der Waals surface area (Å²) in [5, 5.41) is 15.0. The van der Waals surface area contributed by atoms with Crippen molar-refractivity contribution >= 4 is 26.4 Å². The summed E-state index contributed by atoms with van der Waals surface area (Å²) in [4.78, 5) is 0. The van der Waals surface area contributed by atoms with Crippen molar-refractivity contribution < 1.29 is 9.84 Å². The zero-order chi connectivity index (χ0) is 13.3. The third-order valence-corrected chi connectivity index (χ3v) is 3.77. The van der Waals surface area contributed by atoms with Gasteiger partial charge < -0.3 is 15.2 Å². The van der Waals surface area contributed by atoms with Crippen LogP contribution in [0.2, 0.25) is 0 Å². The molecule has 0 aliphatic rings. The van der Waals surface area contributed by atoms with Crippen molar-refractivity contribution in [3.63, 3.8) is 0 Å². The van der Waals surface area contributed by atoms with Crippen LogP contribution >= 0.6 is 11.3 Å². The smallest absolute Gasteiger partial charge is 0.236 e. The fraction of sp³-hybridized carbons (Fsp3) is 0.429. The summed E-state index contributed by atoms with van der Waals surface area (Å²) in [6.07, 6.45) is -0.989. The summed E-state index contributed by atoms with van der Waals surface area (Å²) < 4.78 is 6.65. The highest BCUT2D eigenvalue weighted by molar-refractivity contribution is 7.23. The average Bonchev–Trinajstić information content (AvgIpc) is 2.54. The van der Waals surface area contributed by atoms with Gasteiger partial charge in [-0.25, -0.2) is 0 Å². The highest BCUT2D eigenvalue weighted by Gasteiger charge is 2.18. The Bertz CT molecular complexity index is 542. The van der Waals surface area contributed by atoms with E-state index in [2.05, 4.69) is 17.4 Å². The van der Waals surface area contributed by atoms with Gasteiger partial charge in [0, 0.05) is 4.70 Å². The number of anilines is 1. The van der Waals surface area contributed by atoms with E-state index in [4.69, 9.17) is 4.74 Å². The van der Waals surface area contributed by atoms with Crippen molar-refractivity contribution in [3.05, 3.63) is 29.8 Å². The van der Waals surface area contributed by atoms with Crippen LogP contribution in [0.1, 0.15) is 26.3 Å². The zero-order valence-electron chi connectivity index (χ0n) is 11.2. The summed E-state index contributed by atoms with van der Waals surface area (Å²) in [5.74, 6) is 0. The van der Waals surface area contributed by atoms with Crippen LogP contribution in [0.3, 0.4) is 0 Å². The Morgan fingerprint density at radius 3 is 2.56 bits per heavy atom. The Balaban J connectivity index is 2.19. The van der Waals surface area contributed by atoms with E-state index in [-0.39, 0.29) is 5.60 Å². The van der Waals surface area contributed by atoms with E-state index in [9.17, 15) is 5.11 Å². The van der Waals surface area contributed by atoms with E-state index < -0.39 is 6.41 Å². The lowest BCUT2D eigenvalue weighted by Gasteiger charge is -2.24. The minimum absolute atomic E-state index is 0.378. The number of nitrogens with one attached hydrogen (secondary N) is 1. The number of fused-ring (bicyclic) bond motifs is 1. The van der Waals surface area contributed by atoms with Gasteiger partial charge in [-0.2, -0.15) is 0 Å². The first-order valence-corrected chi connectivity index (χ1v) is 6.79. The van der Waals surface area contributed by atoms with Crippen LogP contribution in [-0.4, -0.2) is 17.1 Å². The second-order valence-corrected chi connectivity index (χ2v) is 6.33. The number of aliphatic hydroxyl groups excluding tert-OH is 1. The minimum Gasteiger partial charge on any atom is -0.351 e. The zero-order valence-corrected chi connectivity index (χ0v) is 12.0. The molecule has 0 fully saturated rings. The van der Waals surface area contributed by atoms with E-state index >= 15 is 0 Å². The molecule has 3 nitrogen and oxygen atoms in total. The molecule has 0 aliphatic carbocycles. The van der Waals surface area contributed by atoms with E-state index in [0.29, 0.717) is 0 Å². The number of ether oxygens (including phenoxy) is 1. The number of thiophene rings is 1. The van der Waals surface area contributed by atoms with Crippen molar-refractivity contribution in [2.45, 2.75) is 39.7 Å². The molecule has 0 bridgehead atoms. The third-order valence-electron chi connectivity index (χ3n) is 2.56. The largest absolute Gasteiger partial charge is 0.351 e. The maximum atomic E-state index is 9.86. The van der Waals surface area contributed by atoms with Crippen molar-refractivity contribution in [3.8, 4) is 0 Å². The van der Waals surface area contributed by atoms with Gasteiger partial charge in [-0.15, -0.1) is 11.3 Å². The van der Waals surface area contributed by atoms with Crippen LogP contribution in [0, 0.1) is 6.92 Å². The fourth-order valence-corrected chi connectivity index (χ4v) is 2.91. The highest BCUT2D eigenvalue weighted by atomic mass is 32.1. The molecule has 1 aromatic heterocycles. The van der Waals surface area contributed by atoms with Gasteiger partial charge in [-0.05, 0) is 44.7 Å². The predicted octanol–water partition coefficient (Wildman–Crippen LogP) is 3.71. The predicted molar refractivity (Wildman–Crippen MR) is 77.0 cm³/mol. The van der Waals surface area contributed by atoms with Gasteiger partial charge in [-0.3, -0.25) is 0 Å². The Labute approximate surface area is 111 Å². The van der Waals surface area contributed by atoms with Gasteiger partial charge in [0.05, 0.1) is 10.6 Å². The van der Waals surface area contributed by atoms with Gasteiger partial charge in [-0.1, -0.05) is 18.2 Å². The summed E-state index contributed by atoms with van der Waals surface area (Å²) in [7, 11) is 0. The molecule has 0 aliphatic heterocycles. The SMILES string of the molecule is Cc1c(NC(O)OC(C)(C)C)sc2ccccc12. The molecule has 0 saturated heterocycles. The lowest BCUT2D eigenvalue weighted by molar-refractivity contribution is -0.148. The van der Waals surface area contributed by atoms with Crippen LogP contribution in [0.5, 0.6) is 0 Å². The molecule has 18 heavy (non-hydrogen) atoms. The second kappa shape index (κ2) is 4.88. The average molecular weight is 265 g/mol. The quantitative estimate of drug-likeness (QED) is 0.831. The van der Waals surface area contributed by atoms with E-state index in [1.165, 1.54) is 10.1 Å². The maximum Gasteiger partial charge on any atom is 0.236 e. The van der Waals surface area contributed by atoms with Crippen LogP contribution in [0.15, 0.2) is 24.3 Å². The first-order chi connectivity index (χ1) is 8.37. The van der Waals surface area contributed by atoms with Crippen LogP contribution in [-0.2, 0) is 4.74 Å². The number of hydrogen-bond donors (Lipinski definition) is 2. The summed E-state index contributed by atoms with van der Waals surface area (Å²) in [6, 6.07) is 8.20. The summed E-state index contributed by atoms with van der Waals surface area (Å²) >= 11 is 1.63. The lowest BCUT2D eigenvalue weighted by Crippen LogP contribution is -2.32. The molecule has 0 amide bonds. The summed E-state index contributed by atoms with van der Waals surface area (Å²) in [6.45, 7) is 7.78. The number of aryl methyl sites for hydroxylation is 1. The molecule has 98 valence electrons. The van der Waals surface area contributed by atoms with Crippen molar-refractivity contribution in [2.24, 2.45) is 0 Å². The first-order valence-electron chi connectivity index (χ1n) is 5.97. The molecule has 1 aromatic carbocycles. The number of aliphatic hydroxyl groups is 1. The molecule has 0 radical (unpaired) electrons. The second-order valence-electron chi connectivity index (χ2n) is 5.28. The third kappa shape index (κ3) is 3.02. The van der Waals surface area contributed by atoms with Crippen molar-refractivity contribution in [2.75, 3.05) is 5.32 Å². The molecule has 1 atom stereocenters. The lowest BCUT2D eigenvalue weighted by atomic mass is 10.2. The molecule has 4 heteroatoms. The normalized spacial score (nSPS) is 13.8. The van der Waals surface area contributed by atoms with Gasteiger partial charge in [0.1, 0.15) is 0 Å². The van der Waals surface area contributed by atoms with Gasteiger partial charge in [0.25, 0.3) is 0 Å². The molecule has 0 spiro atoms. The Kier molecular flexibility index (Phi) is 3.61. The fourth-order valence-electron chi connectivity index (χ4n) is 1.79.